The van der Waals surface area contributed by atoms with Crippen molar-refractivity contribution in [2.45, 2.75) is 90.7 Å². The quantitative estimate of drug-likeness (QED) is 0.381. The lowest BCUT2D eigenvalue weighted by atomic mass is 10.0. The van der Waals surface area contributed by atoms with Crippen LogP contribution in [0.1, 0.15) is 70.1 Å². The van der Waals surface area contributed by atoms with Crippen LogP contribution in [0.2, 0.25) is 0 Å². The molecule has 308 valence electrons. The van der Waals surface area contributed by atoms with Crippen molar-refractivity contribution >= 4 is 23.6 Å². The zero-order valence-corrected chi connectivity index (χ0v) is 34.1. The highest BCUT2D eigenvalue weighted by atomic mass is 19.1. The summed E-state index contributed by atoms with van der Waals surface area (Å²) in [4.78, 5) is 57.0. The van der Waals surface area contributed by atoms with Gasteiger partial charge in [0.25, 0.3) is 5.91 Å². The highest BCUT2D eigenvalue weighted by molar-refractivity contribution is 5.99. The fourth-order valence-electron chi connectivity index (χ4n) is 8.03. The highest BCUT2D eigenvalue weighted by Crippen LogP contribution is 2.36. The first-order chi connectivity index (χ1) is 26.7. The number of amides is 3. The van der Waals surface area contributed by atoms with Gasteiger partial charge in [-0.3, -0.25) is 24.3 Å². The summed E-state index contributed by atoms with van der Waals surface area (Å²) in [5.74, 6) is -0.613. The van der Waals surface area contributed by atoms with Gasteiger partial charge in [-0.2, -0.15) is 0 Å². The van der Waals surface area contributed by atoms with Crippen molar-refractivity contribution in [1.29, 1.82) is 0 Å². The number of piperazine rings is 1. The van der Waals surface area contributed by atoms with Crippen molar-refractivity contribution in [1.82, 2.24) is 29.9 Å². The molecule has 0 radical (unpaired) electrons. The second-order valence-corrected chi connectivity index (χ2v) is 16.8. The lowest BCUT2D eigenvalue weighted by Crippen LogP contribution is -2.65. The average Bonchev–Trinajstić information content (AvgIpc) is 3.14. The van der Waals surface area contributed by atoms with Gasteiger partial charge < -0.3 is 34.1 Å². The molecule has 3 saturated heterocycles. The molecule has 1 N–H and O–H groups in total. The van der Waals surface area contributed by atoms with Gasteiger partial charge in [0.15, 0.2) is 0 Å². The van der Waals surface area contributed by atoms with Crippen molar-refractivity contribution in [3.8, 4) is 5.88 Å². The van der Waals surface area contributed by atoms with Crippen molar-refractivity contribution in [2.24, 2.45) is 0 Å². The van der Waals surface area contributed by atoms with E-state index in [2.05, 4.69) is 33.9 Å². The minimum atomic E-state index is -0.639. The summed E-state index contributed by atoms with van der Waals surface area (Å²) >= 11 is 0. The Morgan fingerprint density at radius 1 is 0.929 bits per heavy atom. The second kappa shape index (κ2) is 18.1. The van der Waals surface area contributed by atoms with Crippen molar-refractivity contribution < 1.29 is 37.7 Å². The number of benzene rings is 1. The van der Waals surface area contributed by atoms with E-state index in [9.17, 15) is 18.8 Å². The van der Waals surface area contributed by atoms with E-state index in [4.69, 9.17) is 23.9 Å². The van der Waals surface area contributed by atoms with Crippen molar-refractivity contribution in [3.63, 3.8) is 0 Å². The number of ether oxygens (including phenoxy) is 4. The molecule has 56 heavy (non-hydrogen) atoms. The zero-order valence-electron chi connectivity index (χ0n) is 34.1. The maximum atomic E-state index is 14.7. The standard InChI is InChI=1S/C41H60FN7O7/c1-27-20-46(34(21-47-28(2)24-54-25-29(47)3)22-48(27)40(52)56-41(5,6)7)23-36(50)49-30(4)26-55-39-35(49)19-32(18-31-8-10-33(42)11-9-31)37(44-39)38(51)43-12-13-45-14-16-53-17-15-45/h8-11,19,27-30,34H,12-18,20-26H2,1-7H3,(H,43,51)/t27-,28-,29-,30+,34?/m1/s1. The number of pyridine rings is 1. The van der Waals surface area contributed by atoms with Gasteiger partial charge in [-0.1, -0.05) is 12.1 Å². The number of carbonyl (C=O) groups excluding carboxylic acids is 3. The van der Waals surface area contributed by atoms with E-state index in [-0.39, 0.29) is 78.7 Å². The van der Waals surface area contributed by atoms with Crippen LogP contribution in [0, 0.1) is 5.82 Å². The molecule has 5 atom stereocenters. The van der Waals surface area contributed by atoms with E-state index < -0.39 is 5.60 Å². The first-order valence-electron chi connectivity index (χ1n) is 20.1. The predicted octanol–water partition coefficient (Wildman–Crippen LogP) is 3.41. The van der Waals surface area contributed by atoms with Crippen LogP contribution in [-0.2, 0) is 25.4 Å². The molecule has 3 amide bonds. The molecule has 6 rings (SSSR count). The maximum absolute atomic E-state index is 14.7. The van der Waals surface area contributed by atoms with Gasteiger partial charge in [0.2, 0.25) is 11.8 Å². The molecule has 4 aliphatic rings. The molecule has 14 nitrogen and oxygen atoms in total. The molecule has 2 aromatic rings. The van der Waals surface area contributed by atoms with Crippen LogP contribution < -0.4 is 15.0 Å². The summed E-state index contributed by atoms with van der Waals surface area (Å²) in [6.45, 7) is 20.9. The lowest BCUT2D eigenvalue weighted by Gasteiger charge is -2.49. The monoisotopic (exact) mass is 781 g/mol. The Morgan fingerprint density at radius 3 is 2.30 bits per heavy atom. The Bertz CT molecular complexity index is 1680. The largest absolute Gasteiger partial charge is 0.474 e. The number of rotatable bonds is 10. The second-order valence-electron chi connectivity index (χ2n) is 16.8. The Kier molecular flexibility index (Phi) is 13.5. The number of nitrogens with zero attached hydrogens (tertiary/aromatic N) is 6. The Morgan fingerprint density at radius 2 is 1.62 bits per heavy atom. The number of nitrogens with one attached hydrogen (secondary N) is 1. The molecule has 4 aliphatic heterocycles. The van der Waals surface area contributed by atoms with Crippen LogP contribution in [0.5, 0.6) is 5.88 Å². The van der Waals surface area contributed by atoms with E-state index in [1.54, 1.807) is 21.9 Å². The van der Waals surface area contributed by atoms with Gasteiger partial charge in [-0.05, 0) is 84.2 Å². The summed E-state index contributed by atoms with van der Waals surface area (Å²) in [6, 6.07) is 7.66. The topological polar surface area (TPSA) is 129 Å². The van der Waals surface area contributed by atoms with Crippen LogP contribution in [0.3, 0.4) is 0 Å². The van der Waals surface area contributed by atoms with Gasteiger partial charge in [-0.15, -0.1) is 0 Å². The van der Waals surface area contributed by atoms with E-state index >= 15 is 0 Å². The van der Waals surface area contributed by atoms with Gasteiger partial charge in [-0.25, -0.2) is 14.2 Å². The molecule has 15 heteroatoms. The fourth-order valence-corrected chi connectivity index (χ4v) is 8.03. The number of fused-ring (bicyclic) bond motifs is 1. The summed E-state index contributed by atoms with van der Waals surface area (Å²) in [7, 11) is 0. The van der Waals surface area contributed by atoms with Gasteiger partial charge in [0, 0.05) is 70.0 Å². The predicted molar refractivity (Wildman–Crippen MR) is 210 cm³/mol. The smallest absolute Gasteiger partial charge is 0.410 e. The average molecular weight is 782 g/mol. The minimum Gasteiger partial charge on any atom is -0.474 e. The minimum absolute atomic E-state index is 0.102. The molecule has 5 heterocycles. The third kappa shape index (κ3) is 10.3. The van der Waals surface area contributed by atoms with E-state index in [1.165, 1.54) is 12.1 Å². The van der Waals surface area contributed by atoms with Crippen LogP contribution >= 0.6 is 0 Å². The Balaban J connectivity index is 1.26. The van der Waals surface area contributed by atoms with E-state index in [0.29, 0.717) is 76.8 Å². The summed E-state index contributed by atoms with van der Waals surface area (Å²) in [5.41, 5.74) is 1.45. The first kappa shape index (κ1) is 41.7. The first-order valence-corrected chi connectivity index (χ1v) is 20.1. The Labute approximate surface area is 330 Å². The molecule has 1 aromatic carbocycles. The van der Waals surface area contributed by atoms with Gasteiger partial charge in [0.05, 0.1) is 39.0 Å². The summed E-state index contributed by atoms with van der Waals surface area (Å²) < 4.78 is 37.1. The molecule has 0 saturated carbocycles. The number of anilines is 1. The van der Waals surface area contributed by atoms with Crippen molar-refractivity contribution in [2.75, 3.05) is 90.3 Å². The number of halogens is 1. The van der Waals surface area contributed by atoms with Crippen LogP contribution in [0.4, 0.5) is 14.9 Å². The zero-order chi connectivity index (χ0) is 40.1. The van der Waals surface area contributed by atoms with Gasteiger partial charge >= 0.3 is 6.09 Å². The van der Waals surface area contributed by atoms with Crippen LogP contribution in [0.25, 0.3) is 0 Å². The molecular formula is C41H60FN7O7. The third-order valence-electron chi connectivity index (χ3n) is 11.0. The summed E-state index contributed by atoms with van der Waals surface area (Å²) in [5, 5.41) is 3.02. The molecule has 0 bridgehead atoms. The molecule has 0 aliphatic carbocycles. The fraction of sp³-hybridized carbons (Fsp3) is 0.659. The number of hydrogen-bond acceptors (Lipinski definition) is 11. The van der Waals surface area contributed by atoms with Crippen molar-refractivity contribution in [3.05, 3.63) is 53.0 Å². The molecule has 1 unspecified atom stereocenters. The van der Waals surface area contributed by atoms with Crippen LogP contribution in [0.15, 0.2) is 30.3 Å². The SMILES string of the molecule is C[C@@H]1CN(CC(=O)N2c3cc(Cc4ccc(F)cc4)c(C(=O)NCCN4CCOCC4)nc3OC[C@@H]2C)C(CN2[C@H](C)COC[C@H]2C)CN1C(=O)OC(C)(C)C. The lowest BCUT2D eigenvalue weighted by molar-refractivity contribution is -0.123. The molecule has 1 aromatic heterocycles. The van der Waals surface area contributed by atoms with Gasteiger partial charge in [0.1, 0.15) is 29.4 Å². The van der Waals surface area contributed by atoms with E-state index in [0.717, 1.165) is 18.7 Å². The number of morpholine rings is 2. The maximum Gasteiger partial charge on any atom is 0.410 e. The number of aromatic nitrogens is 1. The van der Waals surface area contributed by atoms with Crippen LogP contribution in [-0.4, -0.2) is 164 Å². The molecule has 0 spiro atoms. The molecule has 3 fully saturated rings. The third-order valence-corrected chi connectivity index (χ3v) is 11.0. The molecular weight excluding hydrogens is 721 g/mol. The normalized spacial score (nSPS) is 25.3. The number of carbonyl (C=O) groups is 3. The highest BCUT2D eigenvalue weighted by Gasteiger charge is 2.41. The van der Waals surface area contributed by atoms with E-state index in [1.807, 2.05) is 40.7 Å². The number of hydrogen-bond donors (Lipinski definition) is 1. The summed E-state index contributed by atoms with van der Waals surface area (Å²) in [6.07, 6.45) is -0.0637. The Hall–Kier alpha value is -3.89.